The zero-order valence-corrected chi connectivity index (χ0v) is 18.7. The number of H-pyrrole nitrogens is 1. The zero-order chi connectivity index (χ0) is 23.2. The first kappa shape index (κ1) is 22.5. The van der Waals surface area contributed by atoms with E-state index in [1.54, 1.807) is 4.90 Å². The lowest BCUT2D eigenvalue weighted by atomic mass is 10.1. The lowest BCUT2D eigenvalue weighted by Crippen LogP contribution is -2.51. The van der Waals surface area contributed by atoms with Gasteiger partial charge in [0.1, 0.15) is 6.17 Å². The number of aromatic nitrogens is 3. The normalized spacial score (nSPS) is 17.0. The summed E-state index contributed by atoms with van der Waals surface area (Å²) in [5, 5.41) is 16.9. The van der Waals surface area contributed by atoms with Crippen LogP contribution in [-0.4, -0.2) is 52.2 Å². The number of urea groups is 1. The highest BCUT2D eigenvalue weighted by molar-refractivity contribution is 7.99. The second kappa shape index (κ2) is 10.3. The van der Waals surface area contributed by atoms with Gasteiger partial charge in [-0.15, -0.1) is 5.10 Å². The van der Waals surface area contributed by atoms with E-state index in [1.165, 1.54) is 11.8 Å². The summed E-state index contributed by atoms with van der Waals surface area (Å²) in [5.74, 6) is 1.04. The van der Waals surface area contributed by atoms with Crippen LogP contribution in [0.3, 0.4) is 0 Å². The molecule has 0 radical (unpaired) electrons. The average Bonchev–Trinajstić information content (AvgIpc) is 3.39. The van der Waals surface area contributed by atoms with E-state index in [2.05, 4.69) is 36.1 Å². The predicted octanol–water partition coefficient (Wildman–Crippen LogP) is 0.159. The second-order valence-electron chi connectivity index (χ2n) is 7.49. The third-order valence-electron chi connectivity index (χ3n) is 4.96. The first-order valence-corrected chi connectivity index (χ1v) is 11.4. The maximum Gasteiger partial charge on any atom is 0.327 e. The fourth-order valence-electron chi connectivity index (χ4n) is 3.39. The molecule has 2 aromatic rings. The molecule has 0 fully saturated rings. The number of nitrogens with two attached hydrogens (primary N) is 3. The highest BCUT2D eigenvalue weighted by Crippen LogP contribution is 2.26. The predicted molar refractivity (Wildman–Crippen MR) is 129 cm³/mol. The molecule has 33 heavy (non-hydrogen) atoms. The van der Waals surface area contributed by atoms with Crippen LogP contribution in [0, 0.1) is 0 Å². The number of nitrogen functional groups attached to an aromatic ring is 1. The molecule has 0 saturated carbocycles. The molecule has 2 aliphatic rings. The maximum absolute atomic E-state index is 12.7. The van der Waals surface area contributed by atoms with E-state index in [0.717, 1.165) is 42.0 Å². The third kappa shape index (κ3) is 5.96. The van der Waals surface area contributed by atoms with E-state index >= 15 is 0 Å². The molecular formula is C20H27N11OS. The SMILES string of the molecule is NC(N)=NCCCNCc1ccc(N2C=C3C=C(CSc4n[nH]c(N)n4)NC3NC2=O)cc1. The monoisotopic (exact) mass is 469 g/mol. The standard InChI is InChI=1S/C20H27N11OS/c21-17(22)25-7-1-6-24-9-12-2-4-15(5-3-12)31-10-13-8-14(26-16(13)27-20(31)32)11-33-19-28-18(23)29-30-19/h2-5,8,10,16,24,26H,1,6-7,9,11H2,(H,27,32)(H4,21,22,25)(H3,23,28,29,30). The van der Waals surface area contributed by atoms with Crippen molar-refractivity contribution in [2.24, 2.45) is 16.5 Å². The largest absolute Gasteiger partial charge is 0.370 e. The van der Waals surface area contributed by atoms with Crippen molar-refractivity contribution < 1.29 is 4.79 Å². The molecule has 4 rings (SSSR count). The van der Waals surface area contributed by atoms with E-state index in [0.29, 0.717) is 17.5 Å². The molecule has 0 aliphatic carbocycles. The highest BCUT2D eigenvalue weighted by Gasteiger charge is 2.30. The molecule has 1 atom stereocenters. The van der Waals surface area contributed by atoms with Gasteiger partial charge in [0.05, 0.1) is 5.69 Å². The van der Waals surface area contributed by atoms with Gasteiger partial charge < -0.3 is 33.2 Å². The molecule has 3 heterocycles. The van der Waals surface area contributed by atoms with Gasteiger partial charge in [-0.05, 0) is 36.7 Å². The van der Waals surface area contributed by atoms with Crippen LogP contribution >= 0.6 is 11.8 Å². The highest BCUT2D eigenvalue weighted by atomic mass is 32.2. The second-order valence-corrected chi connectivity index (χ2v) is 8.43. The number of hydrogen-bond acceptors (Lipinski definition) is 8. The summed E-state index contributed by atoms with van der Waals surface area (Å²) in [6.45, 7) is 2.14. The molecule has 13 heteroatoms. The van der Waals surface area contributed by atoms with Crippen molar-refractivity contribution >= 4 is 35.4 Å². The topological polar surface area (TPSA) is 188 Å². The molecule has 0 spiro atoms. The van der Waals surface area contributed by atoms with Crippen LogP contribution in [0.2, 0.25) is 0 Å². The molecule has 1 unspecified atom stereocenters. The Labute approximate surface area is 195 Å². The van der Waals surface area contributed by atoms with Gasteiger partial charge in [0, 0.05) is 36.3 Å². The molecule has 1 aromatic carbocycles. The van der Waals surface area contributed by atoms with E-state index in [4.69, 9.17) is 17.2 Å². The smallest absolute Gasteiger partial charge is 0.327 e. The summed E-state index contributed by atoms with van der Waals surface area (Å²) in [7, 11) is 0. The fourth-order valence-corrected chi connectivity index (χ4v) is 4.11. The molecule has 10 N–H and O–H groups in total. The number of thioether (sulfide) groups is 1. The van der Waals surface area contributed by atoms with Crippen LogP contribution < -0.4 is 38.1 Å². The van der Waals surface area contributed by atoms with Gasteiger partial charge in [-0.25, -0.2) is 9.89 Å². The molecular weight excluding hydrogens is 442 g/mol. The van der Waals surface area contributed by atoms with Gasteiger partial charge in [-0.1, -0.05) is 23.9 Å². The molecule has 0 bridgehead atoms. The Kier molecular flexibility index (Phi) is 7.00. The summed E-state index contributed by atoms with van der Waals surface area (Å²) >= 11 is 1.45. The van der Waals surface area contributed by atoms with Crippen LogP contribution in [0.5, 0.6) is 0 Å². The van der Waals surface area contributed by atoms with Crippen molar-refractivity contribution in [1.29, 1.82) is 0 Å². The van der Waals surface area contributed by atoms with Crippen LogP contribution in [-0.2, 0) is 6.54 Å². The van der Waals surface area contributed by atoms with Gasteiger partial charge in [0.15, 0.2) is 5.96 Å². The maximum atomic E-state index is 12.7. The van der Waals surface area contributed by atoms with Gasteiger partial charge in [-0.2, -0.15) is 4.98 Å². The van der Waals surface area contributed by atoms with Crippen LogP contribution in [0.25, 0.3) is 0 Å². The minimum Gasteiger partial charge on any atom is -0.370 e. The van der Waals surface area contributed by atoms with Crippen molar-refractivity contribution in [3.8, 4) is 0 Å². The summed E-state index contributed by atoms with van der Waals surface area (Å²) < 4.78 is 0. The molecule has 2 amide bonds. The molecule has 174 valence electrons. The number of hydrogen-bond donors (Lipinski definition) is 7. The minimum absolute atomic E-state index is 0.115. The van der Waals surface area contributed by atoms with Crippen LogP contribution in [0.15, 0.2) is 58.0 Å². The van der Waals surface area contributed by atoms with Crippen LogP contribution in [0.1, 0.15) is 12.0 Å². The van der Waals surface area contributed by atoms with Gasteiger partial charge in [0.2, 0.25) is 11.1 Å². The average molecular weight is 470 g/mol. The quantitative estimate of drug-likeness (QED) is 0.110. The number of carbonyl (C=O) groups excluding carboxylic acids is 1. The number of carbonyl (C=O) groups is 1. The van der Waals surface area contributed by atoms with Gasteiger partial charge in [-0.3, -0.25) is 9.89 Å². The Morgan fingerprint density at radius 3 is 2.79 bits per heavy atom. The molecule has 0 saturated heterocycles. The minimum atomic E-state index is -0.246. The summed E-state index contributed by atoms with van der Waals surface area (Å²) in [4.78, 5) is 22.3. The summed E-state index contributed by atoms with van der Waals surface area (Å²) in [6, 6.07) is 7.69. The Balaban J connectivity index is 1.32. The van der Waals surface area contributed by atoms with E-state index in [1.807, 2.05) is 36.5 Å². The number of anilines is 2. The zero-order valence-electron chi connectivity index (χ0n) is 17.9. The molecule has 2 aliphatic heterocycles. The number of amides is 2. The van der Waals surface area contributed by atoms with E-state index in [-0.39, 0.29) is 24.1 Å². The Bertz CT molecular complexity index is 1070. The third-order valence-corrected chi connectivity index (χ3v) is 5.85. The first-order chi connectivity index (χ1) is 16.0. The van der Waals surface area contributed by atoms with Crippen molar-refractivity contribution in [2.75, 3.05) is 29.5 Å². The fraction of sp³-hybridized carbons (Fsp3) is 0.300. The molecule has 1 aromatic heterocycles. The number of benzene rings is 1. The van der Waals surface area contributed by atoms with Gasteiger partial charge in [0.25, 0.3) is 0 Å². The number of aliphatic imine (C=N–C) groups is 1. The Hall–Kier alpha value is -3.71. The van der Waals surface area contributed by atoms with Crippen molar-refractivity contribution in [3.63, 3.8) is 0 Å². The van der Waals surface area contributed by atoms with E-state index < -0.39 is 0 Å². The first-order valence-electron chi connectivity index (χ1n) is 10.4. The Morgan fingerprint density at radius 1 is 1.24 bits per heavy atom. The summed E-state index contributed by atoms with van der Waals surface area (Å²) in [6.07, 6.45) is 4.49. The number of fused-ring (bicyclic) bond motifs is 1. The van der Waals surface area contributed by atoms with Crippen molar-refractivity contribution in [3.05, 3.63) is 53.4 Å². The lowest BCUT2D eigenvalue weighted by molar-refractivity contribution is 0.244. The Morgan fingerprint density at radius 2 is 2.06 bits per heavy atom. The van der Waals surface area contributed by atoms with Crippen molar-refractivity contribution in [2.45, 2.75) is 24.3 Å². The van der Waals surface area contributed by atoms with Crippen LogP contribution in [0.4, 0.5) is 16.4 Å². The summed E-state index contributed by atoms with van der Waals surface area (Å²) in [5.41, 5.74) is 20.0. The number of rotatable bonds is 10. The van der Waals surface area contributed by atoms with Crippen molar-refractivity contribution in [1.82, 2.24) is 31.1 Å². The number of nitrogens with one attached hydrogen (secondary N) is 4. The van der Waals surface area contributed by atoms with Gasteiger partial charge >= 0.3 is 6.03 Å². The number of guanidine groups is 1. The van der Waals surface area contributed by atoms with E-state index in [9.17, 15) is 4.79 Å². The lowest BCUT2D eigenvalue weighted by Gasteiger charge is -2.29. The molecule has 12 nitrogen and oxygen atoms in total. The number of aromatic amines is 1. The number of nitrogens with zero attached hydrogens (tertiary/aromatic N) is 4.